The second kappa shape index (κ2) is 9.55. The summed E-state index contributed by atoms with van der Waals surface area (Å²) >= 11 is 0. The summed E-state index contributed by atoms with van der Waals surface area (Å²) in [5, 5.41) is 6.23. The summed E-state index contributed by atoms with van der Waals surface area (Å²) in [6.45, 7) is 3.30. The van der Waals surface area contributed by atoms with E-state index >= 15 is 0 Å². The zero-order valence-corrected chi connectivity index (χ0v) is 16.2. The summed E-state index contributed by atoms with van der Waals surface area (Å²) in [5.74, 6) is 0.685. The molecular weight excluding hydrogens is 350 g/mol. The van der Waals surface area contributed by atoms with Crippen LogP contribution in [0.25, 0.3) is 0 Å². The maximum absolute atomic E-state index is 12.3. The lowest BCUT2D eigenvalue weighted by atomic mass is 10.1. The van der Waals surface area contributed by atoms with Gasteiger partial charge in [0.25, 0.3) is 5.91 Å². The molecule has 0 saturated heterocycles. The number of rotatable bonds is 8. The van der Waals surface area contributed by atoms with Gasteiger partial charge in [0.15, 0.2) is 0 Å². The minimum absolute atomic E-state index is 0.176. The highest BCUT2D eigenvalue weighted by Crippen LogP contribution is 2.13. The predicted octanol–water partition coefficient (Wildman–Crippen LogP) is 3.98. The van der Waals surface area contributed by atoms with Crippen molar-refractivity contribution in [3.05, 3.63) is 89.2 Å². The highest BCUT2D eigenvalue weighted by atomic mass is 16.5. The molecule has 1 amide bonds. The van der Waals surface area contributed by atoms with Crippen molar-refractivity contribution < 1.29 is 9.53 Å². The highest BCUT2D eigenvalue weighted by molar-refractivity contribution is 5.92. The van der Waals surface area contributed by atoms with Crippen molar-refractivity contribution >= 4 is 11.6 Å². The van der Waals surface area contributed by atoms with Gasteiger partial charge >= 0.3 is 0 Å². The average Bonchev–Trinajstić information content (AvgIpc) is 2.73. The molecule has 3 aromatic rings. The maximum Gasteiger partial charge on any atom is 0.270 e. The number of nitrogens with one attached hydrogen (secondary N) is 2. The van der Waals surface area contributed by atoms with Crippen LogP contribution in [-0.2, 0) is 13.0 Å². The van der Waals surface area contributed by atoms with Crippen LogP contribution >= 0.6 is 0 Å². The molecule has 0 aliphatic heterocycles. The van der Waals surface area contributed by atoms with Crippen molar-refractivity contribution in [1.82, 2.24) is 10.3 Å². The van der Waals surface area contributed by atoms with Gasteiger partial charge in [-0.2, -0.15) is 0 Å². The van der Waals surface area contributed by atoms with Crippen LogP contribution in [0, 0.1) is 6.92 Å². The molecule has 0 unspecified atom stereocenters. The van der Waals surface area contributed by atoms with Gasteiger partial charge in [-0.3, -0.25) is 4.79 Å². The number of carbonyl (C=O) groups is 1. The fraction of sp³-hybridized carbons (Fsp3) is 0.217. The van der Waals surface area contributed by atoms with Crippen molar-refractivity contribution in [3.8, 4) is 5.75 Å². The molecular formula is C23H25N3O2. The van der Waals surface area contributed by atoms with E-state index in [1.54, 1.807) is 19.4 Å². The van der Waals surface area contributed by atoms with Crippen LogP contribution in [0.1, 0.15) is 27.2 Å². The first-order valence-corrected chi connectivity index (χ1v) is 9.30. The van der Waals surface area contributed by atoms with Crippen LogP contribution in [0.15, 0.2) is 66.9 Å². The molecule has 1 aromatic heterocycles. The van der Waals surface area contributed by atoms with Crippen molar-refractivity contribution in [1.29, 1.82) is 0 Å². The van der Waals surface area contributed by atoms with Crippen molar-refractivity contribution in [2.24, 2.45) is 0 Å². The standard InChI is InChI=1S/C23H25N3O2/c1-17-5-3-7-19(13-17)15-26-23(27)22-10-9-20(16-25-22)24-12-11-18-6-4-8-21(14-18)28-2/h3-10,13-14,16,24H,11-12,15H2,1-2H3,(H,26,27). The molecule has 0 fully saturated rings. The molecule has 0 atom stereocenters. The molecule has 0 aliphatic rings. The van der Waals surface area contributed by atoms with E-state index in [1.165, 1.54) is 11.1 Å². The SMILES string of the molecule is COc1cccc(CCNc2ccc(C(=O)NCc3cccc(C)c3)nc2)c1. The van der Waals surface area contributed by atoms with E-state index in [2.05, 4.69) is 27.8 Å². The smallest absolute Gasteiger partial charge is 0.270 e. The van der Waals surface area contributed by atoms with Gasteiger partial charge in [0.1, 0.15) is 11.4 Å². The first-order valence-electron chi connectivity index (χ1n) is 9.30. The second-order valence-electron chi connectivity index (χ2n) is 6.63. The Hall–Kier alpha value is -3.34. The number of aromatic nitrogens is 1. The Bertz CT molecular complexity index is 923. The normalized spacial score (nSPS) is 10.4. The number of benzene rings is 2. The quantitative estimate of drug-likeness (QED) is 0.625. The monoisotopic (exact) mass is 375 g/mol. The van der Waals surface area contributed by atoms with Crippen LogP contribution in [0.3, 0.4) is 0 Å². The second-order valence-corrected chi connectivity index (χ2v) is 6.63. The summed E-state index contributed by atoms with van der Waals surface area (Å²) < 4.78 is 5.24. The number of hydrogen-bond donors (Lipinski definition) is 2. The summed E-state index contributed by atoms with van der Waals surface area (Å²) in [6.07, 6.45) is 2.56. The Morgan fingerprint density at radius 2 is 1.86 bits per heavy atom. The van der Waals surface area contributed by atoms with E-state index in [0.717, 1.165) is 30.0 Å². The Morgan fingerprint density at radius 3 is 2.61 bits per heavy atom. The van der Waals surface area contributed by atoms with E-state index in [0.29, 0.717) is 12.2 Å². The van der Waals surface area contributed by atoms with E-state index < -0.39 is 0 Å². The van der Waals surface area contributed by atoms with Gasteiger partial charge in [0.2, 0.25) is 0 Å². The lowest BCUT2D eigenvalue weighted by Crippen LogP contribution is -2.23. The predicted molar refractivity (Wildman–Crippen MR) is 112 cm³/mol. The number of amides is 1. The molecule has 0 aliphatic carbocycles. The molecule has 144 valence electrons. The van der Waals surface area contributed by atoms with Gasteiger partial charge in [0.05, 0.1) is 19.0 Å². The molecule has 0 saturated carbocycles. The van der Waals surface area contributed by atoms with Crippen LogP contribution in [-0.4, -0.2) is 24.5 Å². The third-order valence-corrected chi connectivity index (χ3v) is 4.41. The summed E-state index contributed by atoms with van der Waals surface area (Å²) in [6, 6.07) is 19.7. The number of ether oxygens (including phenoxy) is 1. The van der Waals surface area contributed by atoms with Crippen LogP contribution in [0.2, 0.25) is 0 Å². The molecule has 1 heterocycles. The van der Waals surface area contributed by atoms with E-state index in [9.17, 15) is 4.79 Å². The Morgan fingerprint density at radius 1 is 1.04 bits per heavy atom. The number of aryl methyl sites for hydroxylation is 1. The number of nitrogens with zero attached hydrogens (tertiary/aromatic N) is 1. The van der Waals surface area contributed by atoms with Crippen LogP contribution in [0.5, 0.6) is 5.75 Å². The van der Waals surface area contributed by atoms with Crippen molar-refractivity contribution in [2.75, 3.05) is 19.0 Å². The average molecular weight is 375 g/mol. The number of methoxy groups -OCH3 is 1. The van der Waals surface area contributed by atoms with Gasteiger partial charge in [-0.1, -0.05) is 42.0 Å². The molecule has 28 heavy (non-hydrogen) atoms. The summed E-state index contributed by atoms with van der Waals surface area (Å²) in [7, 11) is 1.67. The number of carbonyl (C=O) groups excluding carboxylic acids is 1. The molecule has 2 N–H and O–H groups in total. The van der Waals surface area contributed by atoms with Crippen LogP contribution < -0.4 is 15.4 Å². The highest BCUT2D eigenvalue weighted by Gasteiger charge is 2.07. The third-order valence-electron chi connectivity index (χ3n) is 4.41. The van der Waals surface area contributed by atoms with Gasteiger partial charge in [-0.25, -0.2) is 4.98 Å². The maximum atomic E-state index is 12.3. The van der Waals surface area contributed by atoms with Gasteiger partial charge in [-0.15, -0.1) is 0 Å². The fourth-order valence-electron chi connectivity index (χ4n) is 2.91. The zero-order chi connectivity index (χ0) is 19.8. The third kappa shape index (κ3) is 5.58. The minimum atomic E-state index is -0.176. The molecule has 2 aromatic carbocycles. The Kier molecular flexibility index (Phi) is 6.63. The molecule has 5 heteroatoms. The van der Waals surface area contributed by atoms with Gasteiger partial charge in [-0.05, 0) is 48.7 Å². The number of hydrogen-bond acceptors (Lipinski definition) is 4. The van der Waals surface area contributed by atoms with Gasteiger partial charge < -0.3 is 15.4 Å². The topological polar surface area (TPSA) is 63.2 Å². The van der Waals surface area contributed by atoms with Gasteiger partial charge in [0, 0.05) is 13.1 Å². The summed E-state index contributed by atoms with van der Waals surface area (Å²) in [4.78, 5) is 16.5. The number of anilines is 1. The molecule has 0 radical (unpaired) electrons. The molecule has 5 nitrogen and oxygen atoms in total. The zero-order valence-electron chi connectivity index (χ0n) is 16.2. The Labute approximate surface area is 165 Å². The Balaban J connectivity index is 1.48. The lowest BCUT2D eigenvalue weighted by Gasteiger charge is -2.09. The first-order chi connectivity index (χ1) is 13.6. The van der Waals surface area contributed by atoms with E-state index in [-0.39, 0.29) is 5.91 Å². The lowest BCUT2D eigenvalue weighted by molar-refractivity contribution is 0.0946. The summed E-state index contributed by atoms with van der Waals surface area (Å²) in [5.41, 5.74) is 4.74. The largest absolute Gasteiger partial charge is 0.497 e. The minimum Gasteiger partial charge on any atom is -0.497 e. The van der Waals surface area contributed by atoms with Crippen molar-refractivity contribution in [2.45, 2.75) is 19.9 Å². The molecule has 0 spiro atoms. The fourth-order valence-corrected chi connectivity index (χ4v) is 2.91. The van der Waals surface area contributed by atoms with Crippen LogP contribution in [0.4, 0.5) is 5.69 Å². The van der Waals surface area contributed by atoms with Crippen molar-refractivity contribution in [3.63, 3.8) is 0 Å². The van der Waals surface area contributed by atoms with E-state index in [4.69, 9.17) is 4.74 Å². The first kappa shape index (κ1) is 19.4. The van der Waals surface area contributed by atoms with E-state index in [1.807, 2.05) is 49.4 Å². The number of pyridine rings is 1. The molecule has 0 bridgehead atoms. The molecule has 3 rings (SSSR count).